The van der Waals surface area contributed by atoms with Gasteiger partial charge in [-0.25, -0.2) is 0 Å². The van der Waals surface area contributed by atoms with Crippen LogP contribution in [0.5, 0.6) is 0 Å². The molecule has 5 nitrogen and oxygen atoms in total. The number of nitrogens with one attached hydrogen (secondary N) is 1. The summed E-state index contributed by atoms with van der Waals surface area (Å²) in [6.45, 7) is 0.0481. The van der Waals surface area contributed by atoms with Gasteiger partial charge in [0.1, 0.15) is 5.56 Å². The molecule has 0 fully saturated rings. The number of pyridine rings is 1. The van der Waals surface area contributed by atoms with Gasteiger partial charge in [0.15, 0.2) is 12.4 Å². The molecule has 0 atom stereocenters. The Labute approximate surface area is 122 Å². The van der Waals surface area contributed by atoms with E-state index in [9.17, 15) is 9.59 Å². The molecule has 0 aliphatic rings. The Morgan fingerprint density at radius 3 is 2.45 bits per heavy atom. The third-order valence-electron chi connectivity index (χ3n) is 2.49. The SMILES string of the molecule is Cl.NC(=O)C[n+]1cccc(C(=O)Nc2ccccc2)c1. The van der Waals surface area contributed by atoms with Crippen LogP contribution in [-0.2, 0) is 11.3 Å². The maximum Gasteiger partial charge on any atom is 0.283 e. The largest absolute Gasteiger partial charge is 0.364 e. The minimum Gasteiger partial charge on any atom is -0.364 e. The summed E-state index contributed by atoms with van der Waals surface area (Å²) in [4.78, 5) is 22.9. The predicted octanol–water partition coefficient (Wildman–Crippen LogP) is 1.13. The van der Waals surface area contributed by atoms with E-state index in [0.717, 1.165) is 5.69 Å². The molecule has 1 heterocycles. The Morgan fingerprint density at radius 1 is 1.10 bits per heavy atom. The van der Waals surface area contributed by atoms with Crippen LogP contribution in [0.25, 0.3) is 0 Å². The number of rotatable bonds is 4. The molecule has 3 N–H and O–H groups in total. The van der Waals surface area contributed by atoms with Crippen LogP contribution in [0.15, 0.2) is 54.9 Å². The lowest BCUT2D eigenvalue weighted by Gasteiger charge is -2.03. The highest BCUT2D eigenvalue weighted by atomic mass is 35.5. The average Bonchev–Trinajstić information content (AvgIpc) is 2.39. The van der Waals surface area contributed by atoms with Crippen LogP contribution in [0.4, 0.5) is 5.69 Å². The standard InChI is InChI=1S/C14H13N3O2.ClH/c15-13(18)10-17-8-4-5-11(9-17)14(19)16-12-6-2-1-3-7-12;/h1-9H,10H2,(H2-,15,16,18,19);1H/p+1. The van der Waals surface area contributed by atoms with Gasteiger partial charge in [0, 0.05) is 11.8 Å². The Morgan fingerprint density at radius 2 is 1.80 bits per heavy atom. The van der Waals surface area contributed by atoms with Gasteiger partial charge in [-0.2, -0.15) is 4.57 Å². The third kappa shape index (κ3) is 4.37. The van der Waals surface area contributed by atoms with E-state index in [1.165, 1.54) is 0 Å². The average molecular weight is 293 g/mol. The van der Waals surface area contributed by atoms with Crippen molar-refractivity contribution in [3.05, 3.63) is 60.4 Å². The van der Waals surface area contributed by atoms with Crippen LogP contribution < -0.4 is 15.6 Å². The van der Waals surface area contributed by atoms with Crippen molar-refractivity contribution >= 4 is 29.9 Å². The van der Waals surface area contributed by atoms with Crippen LogP contribution in [-0.4, -0.2) is 11.8 Å². The zero-order valence-electron chi connectivity index (χ0n) is 10.7. The molecular weight excluding hydrogens is 278 g/mol. The molecular formula is C14H15ClN3O2+. The van der Waals surface area contributed by atoms with Crippen molar-refractivity contribution in [3.63, 3.8) is 0 Å². The van der Waals surface area contributed by atoms with Crippen LogP contribution in [0.1, 0.15) is 10.4 Å². The molecule has 0 unspecified atom stereocenters. The van der Waals surface area contributed by atoms with E-state index in [-0.39, 0.29) is 24.9 Å². The second-order valence-electron chi connectivity index (χ2n) is 4.05. The minimum atomic E-state index is -0.453. The first kappa shape index (κ1) is 15.7. The summed E-state index contributed by atoms with van der Waals surface area (Å²) in [6.07, 6.45) is 3.27. The fourth-order valence-corrected chi connectivity index (χ4v) is 1.66. The van der Waals surface area contributed by atoms with E-state index in [1.54, 1.807) is 41.2 Å². The van der Waals surface area contributed by atoms with Gasteiger partial charge in [-0.05, 0) is 18.2 Å². The number of nitrogens with two attached hydrogens (primary N) is 1. The van der Waals surface area contributed by atoms with Gasteiger partial charge in [-0.3, -0.25) is 9.59 Å². The normalized spacial score (nSPS) is 9.40. The predicted molar refractivity (Wildman–Crippen MR) is 77.5 cm³/mol. The zero-order chi connectivity index (χ0) is 13.7. The van der Waals surface area contributed by atoms with Gasteiger partial charge in [0.25, 0.3) is 11.8 Å². The van der Waals surface area contributed by atoms with Crippen molar-refractivity contribution in [1.29, 1.82) is 0 Å². The summed E-state index contributed by atoms with van der Waals surface area (Å²) in [5, 5.41) is 2.77. The molecule has 20 heavy (non-hydrogen) atoms. The molecule has 0 saturated heterocycles. The number of anilines is 1. The number of para-hydroxylation sites is 1. The van der Waals surface area contributed by atoms with E-state index >= 15 is 0 Å². The van der Waals surface area contributed by atoms with E-state index in [0.29, 0.717) is 5.56 Å². The number of benzene rings is 1. The van der Waals surface area contributed by atoms with Gasteiger partial charge >= 0.3 is 0 Å². The lowest BCUT2D eigenvalue weighted by Crippen LogP contribution is -2.41. The number of hydrogen-bond donors (Lipinski definition) is 2. The van der Waals surface area contributed by atoms with E-state index < -0.39 is 5.91 Å². The first-order chi connectivity index (χ1) is 9.15. The van der Waals surface area contributed by atoms with Crippen molar-refractivity contribution in [3.8, 4) is 0 Å². The maximum absolute atomic E-state index is 12.0. The van der Waals surface area contributed by atoms with Gasteiger partial charge in [0.05, 0.1) is 0 Å². The maximum atomic E-state index is 12.0. The number of carbonyl (C=O) groups is 2. The van der Waals surface area contributed by atoms with Crippen molar-refractivity contribution in [2.75, 3.05) is 5.32 Å². The first-order valence-corrected chi connectivity index (χ1v) is 5.79. The Kier molecular flexibility index (Phi) is 5.68. The Hall–Kier alpha value is -2.40. The van der Waals surface area contributed by atoms with E-state index in [2.05, 4.69) is 5.32 Å². The van der Waals surface area contributed by atoms with Gasteiger partial charge in [-0.15, -0.1) is 12.4 Å². The fourth-order valence-electron chi connectivity index (χ4n) is 1.66. The molecule has 1 aromatic heterocycles. The summed E-state index contributed by atoms with van der Waals surface area (Å²) in [6, 6.07) is 12.5. The van der Waals surface area contributed by atoms with E-state index in [1.807, 2.05) is 18.2 Å². The van der Waals surface area contributed by atoms with Crippen molar-refractivity contribution in [2.24, 2.45) is 5.73 Å². The lowest BCUT2D eigenvalue weighted by atomic mass is 10.2. The number of primary amides is 1. The molecule has 2 amide bonds. The number of nitrogens with zero attached hydrogens (tertiary/aromatic N) is 1. The van der Waals surface area contributed by atoms with Gasteiger partial charge in [-0.1, -0.05) is 18.2 Å². The second kappa shape index (κ2) is 7.25. The molecule has 6 heteroatoms. The van der Waals surface area contributed by atoms with Crippen LogP contribution in [0.3, 0.4) is 0 Å². The summed E-state index contributed by atoms with van der Waals surface area (Å²) in [7, 11) is 0. The third-order valence-corrected chi connectivity index (χ3v) is 2.49. The molecule has 0 aliphatic heterocycles. The second-order valence-corrected chi connectivity index (χ2v) is 4.05. The monoisotopic (exact) mass is 292 g/mol. The van der Waals surface area contributed by atoms with Gasteiger partial charge in [0.2, 0.25) is 6.54 Å². The number of aromatic nitrogens is 1. The Balaban J connectivity index is 0.00000200. The topological polar surface area (TPSA) is 76.1 Å². The van der Waals surface area contributed by atoms with E-state index in [4.69, 9.17) is 5.73 Å². The number of carbonyl (C=O) groups excluding carboxylic acids is 2. The molecule has 1 aromatic carbocycles. The van der Waals surface area contributed by atoms with Crippen molar-refractivity contribution in [1.82, 2.24) is 0 Å². The van der Waals surface area contributed by atoms with Crippen molar-refractivity contribution in [2.45, 2.75) is 6.54 Å². The molecule has 0 spiro atoms. The number of halogens is 1. The molecule has 104 valence electrons. The Bertz CT molecular complexity index is 602. The van der Waals surface area contributed by atoms with Gasteiger partial charge < -0.3 is 11.1 Å². The highest BCUT2D eigenvalue weighted by molar-refractivity contribution is 6.03. The first-order valence-electron chi connectivity index (χ1n) is 5.79. The number of amides is 2. The smallest absolute Gasteiger partial charge is 0.283 e. The molecule has 2 rings (SSSR count). The summed E-state index contributed by atoms with van der Waals surface area (Å²) in [5.41, 5.74) is 6.30. The highest BCUT2D eigenvalue weighted by Gasteiger charge is 2.12. The zero-order valence-corrected chi connectivity index (χ0v) is 11.5. The molecule has 0 saturated carbocycles. The molecule has 2 aromatic rings. The minimum absolute atomic E-state index is 0. The molecule has 0 radical (unpaired) electrons. The fraction of sp³-hybridized carbons (Fsp3) is 0.0714. The quantitative estimate of drug-likeness (QED) is 0.829. The molecule has 0 aliphatic carbocycles. The van der Waals surface area contributed by atoms with Crippen LogP contribution in [0.2, 0.25) is 0 Å². The van der Waals surface area contributed by atoms with Crippen LogP contribution in [0, 0.1) is 0 Å². The van der Waals surface area contributed by atoms with Crippen LogP contribution >= 0.6 is 12.4 Å². The summed E-state index contributed by atoms with van der Waals surface area (Å²) < 4.78 is 1.57. The highest BCUT2D eigenvalue weighted by Crippen LogP contribution is 2.07. The lowest BCUT2D eigenvalue weighted by molar-refractivity contribution is -0.684. The summed E-state index contributed by atoms with van der Waals surface area (Å²) >= 11 is 0. The van der Waals surface area contributed by atoms with Crippen molar-refractivity contribution < 1.29 is 14.2 Å². The number of hydrogen-bond acceptors (Lipinski definition) is 2. The summed E-state index contributed by atoms with van der Waals surface area (Å²) in [5.74, 6) is -0.685. The molecule has 0 bridgehead atoms.